The number of carbonyl (C=O) groups excluding carboxylic acids is 1. The molecule has 5 heteroatoms. The van der Waals surface area contributed by atoms with Crippen molar-refractivity contribution in [1.29, 1.82) is 0 Å². The lowest BCUT2D eigenvalue weighted by atomic mass is 10.1. The smallest absolute Gasteiger partial charge is 0.410 e. The predicted octanol–water partition coefficient (Wildman–Crippen LogP) is 3.51. The van der Waals surface area contributed by atoms with Crippen LogP contribution in [-0.4, -0.2) is 47.7 Å². The van der Waals surface area contributed by atoms with Crippen LogP contribution in [0.1, 0.15) is 41.0 Å². The van der Waals surface area contributed by atoms with Crippen LogP contribution < -0.4 is 0 Å². The van der Waals surface area contributed by atoms with Gasteiger partial charge in [0.25, 0.3) is 0 Å². The van der Waals surface area contributed by atoms with Crippen molar-refractivity contribution in [2.75, 3.05) is 13.2 Å². The van der Waals surface area contributed by atoms with E-state index in [1.54, 1.807) is 17.1 Å². The molecule has 22 heavy (non-hydrogen) atoms. The summed E-state index contributed by atoms with van der Waals surface area (Å²) in [5.74, 6) is -0.641. The minimum absolute atomic E-state index is 0.202. The van der Waals surface area contributed by atoms with E-state index in [0.29, 0.717) is 19.6 Å². The summed E-state index contributed by atoms with van der Waals surface area (Å²) in [4.78, 5) is 14.1. The fourth-order valence-electron chi connectivity index (χ4n) is 2.36. The Balaban J connectivity index is 2.94. The van der Waals surface area contributed by atoms with Crippen LogP contribution in [0.5, 0.6) is 0 Å². The fourth-order valence-corrected chi connectivity index (χ4v) is 2.36. The van der Waals surface area contributed by atoms with Gasteiger partial charge in [-0.1, -0.05) is 12.2 Å². The molecule has 0 N–H and O–H groups in total. The first-order valence-corrected chi connectivity index (χ1v) is 7.63. The third kappa shape index (κ3) is 5.46. The molecule has 1 aliphatic rings. The van der Waals surface area contributed by atoms with Crippen molar-refractivity contribution < 1.29 is 19.0 Å². The Kier molecular flexibility index (Phi) is 6.20. The van der Waals surface area contributed by atoms with Gasteiger partial charge in [0.05, 0.1) is 12.6 Å². The van der Waals surface area contributed by atoms with Crippen LogP contribution in [0.2, 0.25) is 0 Å². The molecule has 0 bridgehead atoms. The van der Waals surface area contributed by atoms with E-state index in [1.165, 1.54) is 0 Å². The third-order valence-corrected chi connectivity index (χ3v) is 3.22. The third-order valence-electron chi connectivity index (χ3n) is 3.22. The monoisotopic (exact) mass is 311 g/mol. The molecule has 0 aromatic heterocycles. The number of rotatable bonds is 6. The predicted molar refractivity (Wildman–Crippen MR) is 86.6 cm³/mol. The topological polar surface area (TPSA) is 48.0 Å². The lowest BCUT2D eigenvalue weighted by Crippen LogP contribution is -2.49. The highest BCUT2D eigenvalue weighted by Gasteiger charge is 2.41. The lowest BCUT2D eigenvalue weighted by Gasteiger charge is -2.35. The van der Waals surface area contributed by atoms with Gasteiger partial charge in [-0.2, -0.15) is 0 Å². The van der Waals surface area contributed by atoms with Gasteiger partial charge in [-0.25, -0.2) is 4.79 Å². The van der Waals surface area contributed by atoms with E-state index >= 15 is 0 Å². The number of hydrogen-bond donors (Lipinski definition) is 0. The Hall–Kier alpha value is -1.33. The molecule has 0 unspecified atom stereocenters. The van der Waals surface area contributed by atoms with Crippen molar-refractivity contribution in [3.8, 4) is 0 Å². The highest BCUT2D eigenvalue weighted by molar-refractivity contribution is 5.69. The maximum absolute atomic E-state index is 12.5. The first-order valence-electron chi connectivity index (χ1n) is 7.63. The normalized spacial score (nSPS) is 22.0. The Morgan fingerprint density at radius 1 is 1.41 bits per heavy atom. The van der Waals surface area contributed by atoms with Gasteiger partial charge in [0.1, 0.15) is 11.7 Å². The van der Waals surface area contributed by atoms with Gasteiger partial charge in [0.15, 0.2) is 5.79 Å². The van der Waals surface area contributed by atoms with Crippen LogP contribution >= 0.6 is 0 Å². The summed E-state index contributed by atoms with van der Waals surface area (Å²) in [5, 5.41) is 0. The molecule has 2 atom stereocenters. The molecule has 1 heterocycles. The largest absolute Gasteiger partial charge is 0.444 e. The standard InChI is InChI=1S/C17H29NO4/c1-8-10-13(14-12-20-17(6,7)21-14)18(11-9-2)15(19)22-16(3,4)5/h8-9,13-14H,1-2,10-12H2,3-7H3/t13-,14-/m1/s1. The van der Waals surface area contributed by atoms with Crippen molar-refractivity contribution in [3.63, 3.8) is 0 Å². The fraction of sp³-hybridized carbons (Fsp3) is 0.706. The zero-order valence-corrected chi connectivity index (χ0v) is 14.4. The van der Waals surface area contributed by atoms with Crippen LogP contribution in [-0.2, 0) is 14.2 Å². The van der Waals surface area contributed by atoms with Crippen LogP contribution in [0.25, 0.3) is 0 Å². The average molecular weight is 311 g/mol. The second-order valence-corrected chi connectivity index (χ2v) is 6.88. The second kappa shape index (κ2) is 7.29. The highest BCUT2D eigenvalue weighted by Crippen LogP contribution is 2.28. The van der Waals surface area contributed by atoms with Gasteiger partial charge in [-0.15, -0.1) is 13.2 Å². The zero-order chi connectivity index (χ0) is 17.0. The molecule has 126 valence electrons. The molecule has 1 aliphatic heterocycles. The van der Waals surface area contributed by atoms with Crippen LogP contribution in [0.15, 0.2) is 25.3 Å². The van der Waals surface area contributed by atoms with Gasteiger partial charge in [-0.3, -0.25) is 4.90 Å². The number of hydrogen-bond acceptors (Lipinski definition) is 4. The summed E-state index contributed by atoms with van der Waals surface area (Å²) < 4.78 is 17.0. The van der Waals surface area contributed by atoms with E-state index in [2.05, 4.69) is 13.2 Å². The van der Waals surface area contributed by atoms with Gasteiger partial charge >= 0.3 is 6.09 Å². The van der Waals surface area contributed by atoms with Crippen molar-refractivity contribution in [1.82, 2.24) is 4.90 Å². The minimum Gasteiger partial charge on any atom is -0.444 e. The van der Waals surface area contributed by atoms with Gasteiger partial charge in [-0.05, 0) is 41.0 Å². The number of ether oxygens (including phenoxy) is 3. The number of carbonyl (C=O) groups is 1. The maximum atomic E-state index is 12.5. The molecule has 1 amide bonds. The summed E-state index contributed by atoms with van der Waals surface area (Å²) in [5.41, 5.74) is -0.554. The molecule has 1 saturated heterocycles. The van der Waals surface area contributed by atoms with E-state index in [0.717, 1.165) is 0 Å². The first kappa shape index (κ1) is 18.7. The van der Waals surface area contributed by atoms with Crippen molar-refractivity contribution in [3.05, 3.63) is 25.3 Å². The van der Waals surface area contributed by atoms with Crippen LogP contribution in [0, 0.1) is 0 Å². The van der Waals surface area contributed by atoms with Gasteiger partial charge in [0, 0.05) is 6.54 Å². The molecule has 1 fully saturated rings. The summed E-state index contributed by atoms with van der Waals surface area (Å²) in [7, 11) is 0. The van der Waals surface area contributed by atoms with E-state index in [-0.39, 0.29) is 18.2 Å². The van der Waals surface area contributed by atoms with Crippen molar-refractivity contribution >= 4 is 6.09 Å². The van der Waals surface area contributed by atoms with Gasteiger partial charge in [0.2, 0.25) is 0 Å². The van der Waals surface area contributed by atoms with E-state index < -0.39 is 11.4 Å². The molecule has 5 nitrogen and oxygen atoms in total. The average Bonchev–Trinajstić information content (AvgIpc) is 2.71. The lowest BCUT2D eigenvalue weighted by molar-refractivity contribution is -0.145. The molecule has 0 radical (unpaired) electrons. The van der Waals surface area contributed by atoms with Gasteiger partial charge < -0.3 is 14.2 Å². The summed E-state index contributed by atoms with van der Waals surface area (Å²) >= 11 is 0. The zero-order valence-electron chi connectivity index (χ0n) is 14.4. The molecule has 0 aliphatic carbocycles. The highest BCUT2D eigenvalue weighted by atomic mass is 16.7. The Morgan fingerprint density at radius 2 is 2.05 bits per heavy atom. The van der Waals surface area contributed by atoms with E-state index in [1.807, 2.05) is 34.6 Å². The summed E-state index contributed by atoms with van der Waals surface area (Å²) in [6, 6.07) is -0.202. The number of amides is 1. The van der Waals surface area contributed by atoms with E-state index in [4.69, 9.17) is 14.2 Å². The summed E-state index contributed by atoms with van der Waals surface area (Å²) in [6.45, 7) is 17.6. The van der Waals surface area contributed by atoms with Crippen LogP contribution in [0.4, 0.5) is 4.79 Å². The Labute approximate surface area is 133 Å². The molecule has 0 aromatic carbocycles. The Bertz CT molecular complexity index is 411. The molecule has 0 spiro atoms. The van der Waals surface area contributed by atoms with E-state index in [9.17, 15) is 4.79 Å². The molecular weight excluding hydrogens is 282 g/mol. The summed E-state index contributed by atoms with van der Waals surface area (Å²) in [6.07, 6.45) is 3.45. The van der Waals surface area contributed by atoms with Crippen molar-refractivity contribution in [2.24, 2.45) is 0 Å². The van der Waals surface area contributed by atoms with Crippen LogP contribution in [0.3, 0.4) is 0 Å². The molecule has 1 rings (SSSR count). The number of nitrogens with zero attached hydrogens (tertiary/aromatic N) is 1. The molecule has 0 saturated carbocycles. The first-order chi connectivity index (χ1) is 10.1. The minimum atomic E-state index is -0.641. The quantitative estimate of drug-likeness (QED) is 0.704. The Morgan fingerprint density at radius 3 is 2.45 bits per heavy atom. The maximum Gasteiger partial charge on any atom is 0.410 e. The second-order valence-electron chi connectivity index (χ2n) is 6.88. The molecule has 0 aromatic rings. The van der Waals surface area contributed by atoms with Crippen molar-refractivity contribution in [2.45, 2.75) is 64.6 Å². The SMILES string of the molecule is C=CC[C@H]([C@H]1COC(C)(C)O1)N(CC=C)C(=O)OC(C)(C)C. The molecular formula is C17H29NO4.